The van der Waals surface area contributed by atoms with Crippen LogP contribution in [0.15, 0.2) is 28.7 Å². The molecule has 0 fully saturated rings. The molecule has 7 nitrogen and oxygen atoms in total. The van der Waals surface area contributed by atoms with Crippen molar-refractivity contribution in [2.45, 2.75) is 6.92 Å². The zero-order valence-corrected chi connectivity index (χ0v) is 11.8. The number of aldehydes is 1. The Morgan fingerprint density at radius 1 is 1.32 bits per heavy atom. The highest BCUT2D eigenvalue weighted by atomic mass is 16.7. The molecule has 2 heterocycles. The van der Waals surface area contributed by atoms with Crippen LogP contribution in [0.4, 0.5) is 10.5 Å². The van der Waals surface area contributed by atoms with Crippen molar-refractivity contribution in [3.05, 3.63) is 30.0 Å². The summed E-state index contributed by atoms with van der Waals surface area (Å²) in [5.41, 5.74) is 1.000. The molecule has 1 aliphatic heterocycles. The first-order valence-corrected chi connectivity index (χ1v) is 6.64. The van der Waals surface area contributed by atoms with Gasteiger partial charge in [-0.3, -0.25) is 10.1 Å². The standard InChI is InChI=1S/C15H13NO6/c1-2-19-15(18)16-11-6-14-13(20-8-21-14)5-10(11)12-4-3-9(7-17)22-12/h3-7H,2,8H2,1H3,(H,16,18). The summed E-state index contributed by atoms with van der Waals surface area (Å²) in [6.45, 7) is 2.07. The van der Waals surface area contributed by atoms with E-state index in [1.165, 1.54) is 0 Å². The highest BCUT2D eigenvalue weighted by Gasteiger charge is 2.21. The number of anilines is 1. The van der Waals surface area contributed by atoms with Crippen molar-refractivity contribution in [1.29, 1.82) is 0 Å². The third kappa shape index (κ3) is 2.60. The lowest BCUT2D eigenvalue weighted by Gasteiger charge is -2.10. The van der Waals surface area contributed by atoms with E-state index in [0.717, 1.165) is 0 Å². The number of hydrogen-bond acceptors (Lipinski definition) is 6. The SMILES string of the molecule is CCOC(=O)Nc1cc2c(cc1-c1ccc(C=O)o1)OCO2. The lowest BCUT2D eigenvalue weighted by atomic mass is 10.1. The number of carbonyl (C=O) groups is 2. The van der Waals surface area contributed by atoms with E-state index in [9.17, 15) is 9.59 Å². The van der Waals surface area contributed by atoms with Crippen LogP contribution in [0.1, 0.15) is 17.5 Å². The van der Waals surface area contributed by atoms with Gasteiger partial charge in [-0.25, -0.2) is 4.79 Å². The quantitative estimate of drug-likeness (QED) is 0.873. The van der Waals surface area contributed by atoms with Crippen molar-refractivity contribution in [3.8, 4) is 22.8 Å². The topological polar surface area (TPSA) is 87.0 Å². The van der Waals surface area contributed by atoms with E-state index in [0.29, 0.717) is 34.8 Å². The molecule has 1 aromatic carbocycles. The molecule has 0 radical (unpaired) electrons. The van der Waals surface area contributed by atoms with Crippen LogP contribution in [0.25, 0.3) is 11.3 Å². The highest BCUT2D eigenvalue weighted by molar-refractivity contribution is 5.92. The van der Waals surface area contributed by atoms with E-state index >= 15 is 0 Å². The summed E-state index contributed by atoms with van der Waals surface area (Å²) in [5.74, 6) is 1.66. The molecular formula is C15H13NO6. The third-order valence-corrected chi connectivity index (χ3v) is 3.03. The Morgan fingerprint density at radius 2 is 2.09 bits per heavy atom. The summed E-state index contributed by atoms with van der Waals surface area (Å²) in [4.78, 5) is 22.4. The van der Waals surface area contributed by atoms with Crippen LogP contribution in [-0.4, -0.2) is 25.8 Å². The molecule has 0 bridgehead atoms. The summed E-state index contributed by atoms with van der Waals surface area (Å²) < 4.78 is 20.9. The molecule has 1 N–H and O–H groups in total. The minimum Gasteiger partial charge on any atom is -0.454 e. The van der Waals surface area contributed by atoms with Gasteiger partial charge in [0.1, 0.15) is 5.76 Å². The predicted octanol–water partition coefficient (Wildman–Crippen LogP) is 3.06. The molecule has 1 aromatic heterocycles. The fourth-order valence-electron chi connectivity index (χ4n) is 2.09. The molecule has 2 aromatic rings. The molecule has 0 atom stereocenters. The number of rotatable bonds is 4. The number of nitrogens with one attached hydrogen (secondary N) is 1. The van der Waals surface area contributed by atoms with Crippen LogP contribution in [0.5, 0.6) is 11.5 Å². The summed E-state index contributed by atoms with van der Waals surface area (Å²) >= 11 is 0. The van der Waals surface area contributed by atoms with E-state index in [1.54, 1.807) is 31.2 Å². The average molecular weight is 303 g/mol. The van der Waals surface area contributed by atoms with Gasteiger partial charge in [-0.05, 0) is 25.1 Å². The number of furan rings is 1. The van der Waals surface area contributed by atoms with Gasteiger partial charge in [0, 0.05) is 11.6 Å². The lowest BCUT2D eigenvalue weighted by Crippen LogP contribution is -2.13. The van der Waals surface area contributed by atoms with Crippen LogP contribution in [-0.2, 0) is 4.74 Å². The fourth-order valence-corrected chi connectivity index (χ4v) is 2.09. The number of fused-ring (bicyclic) bond motifs is 1. The first-order chi connectivity index (χ1) is 10.7. The number of hydrogen-bond donors (Lipinski definition) is 1. The van der Waals surface area contributed by atoms with E-state index in [1.807, 2.05) is 0 Å². The van der Waals surface area contributed by atoms with E-state index in [2.05, 4.69) is 5.32 Å². The van der Waals surface area contributed by atoms with Crippen molar-refractivity contribution in [3.63, 3.8) is 0 Å². The van der Waals surface area contributed by atoms with Gasteiger partial charge in [-0.15, -0.1) is 0 Å². The summed E-state index contributed by atoms with van der Waals surface area (Å²) in [6.07, 6.45) is 0.0133. The predicted molar refractivity (Wildman–Crippen MR) is 76.3 cm³/mol. The van der Waals surface area contributed by atoms with Crippen molar-refractivity contribution >= 4 is 18.1 Å². The minimum atomic E-state index is -0.593. The Bertz CT molecular complexity index is 721. The van der Waals surface area contributed by atoms with Gasteiger partial charge < -0.3 is 18.6 Å². The Labute approximate surface area is 125 Å². The molecule has 22 heavy (non-hydrogen) atoms. The summed E-state index contributed by atoms with van der Waals surface area (Å²) in [6, 6.07) is 6.48. The van der Waals surface area contributed by atoms with Crippen molar-refractivity contribution in [1.82, 2.24) is 0 Å². The number of carbonyl (C=O) groups excluding carboxylic acids is 2. The van der Waals surface area contributed by atoms with Crippen LogP contribution in [0.3, 0.4) is 0 Å². The van der Waals surface area contributed by atoms with Crippen LogP contribution in [0, 0.1) is 0 Å². The number of ether oxygens (including phenoxy) is 3. The molecule has 0 unspecified atom stereocenters. The molecule has 0 spiro atoms. The Kier molecular flexibility index (Phi) is 3.69. The second kappa shape index (κ2) is 5.80. The number of benzene rings is 1. The first kappa shape index (κ1) is 14.0. The Morgan fingerprint density at radius 3 is 2.77 bits per heavy atom. The highest BCUT2D eigenvalue weighted by Crippen LogP contribution is 2.41. The van der Waals surface area contributed by atoms with Crippen molar-refractivity contribution in [2.75, 3.05) is 18.7 Å². The molecule has 7 heteroatoms. The van der Waals surface area contributed by atoms with Gasteiger partial charge in [0.15, 0.2) is 23.5 Å². The monoisotopic (exact) mass is 303 g/mol. The number of amides is 1. The van der Waals surface area contributed by atoms with Crippen molar-refractivity contribution in [2.24, 2.45) is 0 Å². The van der Waals surface area contributed by atoms with Gasteiger partial charge in [0.2, 0.25) is 6.79 Å². The maximum absolute atomic E-state index is 11.7. The van der Waals surface area contributed by atoms with Crippen LogP contribution >= 0.6 is 0 Å². The normalized spacial score (nSPS) is 12.0. The second-order valence-corrected chi connectivity index (χ2v) is 4.42. The second-order valence-electron chi connectivity index (χ2n) is 4.42. The van der Waals surface area contributed by atoms with E-state index in [4.69, 9.17) is 18.6 Å². The van der Waals surface area contributed by atoms with Gasteiger partial charge in [0.25, 0.3) is 0 Å². The smallest absolute Gasteiger partial charge is 0.411 e. The van der Waals surface area contributed by atoms with Gasteiger partial charge in [0.05, 0.1) is 12.3 Å². The fraction of sp³-hybridized carbons (Fsp3) is 0.200. The first-order valence-electron chi connectivity index (χ1n) is 6.64. The van der Waals surface area contributed by atoms with E-state index in [-0.39, 0.29) is 19.2 Å². The molecule has 1 aliphatic rings. The van der Waals surface area contributed by atoms with Gasteiger partial charge in [-0.2, -0.15) is 0 Å². The average Bonchev–Trinajstić information content (AvgIpc) is 3.14. The molecule has 0 saturated heterocycles. The molecular weight excluding hydrogens is 290 g/mol. The third-order valence-electron chi connectivity index (χ3n) is 3.03. The van der Waals surface area contributed by atoms with Crippen LogP contribution < -0.4 is 14.8 Å². The van der Waals surface area contributed by atoms with E-state index < -0.39 is 6.09 Å². The molecule has 0 saturated carbocycles. The zero-order valence-electron chi connectivity index (χ0n) is 11.8. The van der Waals surface area contributed by atoms with Gasteiger partial charge >= 0.3 is 6.09 Å². The molecule has 0 aliphatic carbocycles. The largest absolute Gasteiger partial charge is 0.454 e. The summed E-state index contributed by atoms with van der Waals surface area (Å²) in [5, 5.41) is 2.62. The maximum atomic E-state index is 11.7. The molecule has 3 rings (SSSR count). The Balaban J connectivity index is 2.02. The zero-order chi connectivity index (χ0) is 15.5. The minimum absolute atomic E-state index is 0.107. The summed E-state index contributed by atoms with van der Waals surface area (Å²) in [7, 11) is 0. The van der Waals surface area contributed by atoms with Crippen LogP contribution in [0.2, 0.25) is 0 Å². The molecule has 1 amide bonds. The lowest BCUT2D eigenvalue weighted by molar-refractivity contribution is 0.110. The molecule has 114 valence electrons. The Hall–Kier alpha value is -2.96. The maximum Gasteiger partial charge on any atom is 0.411 e. The van der Waals surface area contributed by atoms with Crippen molar-refractivity contribution < 1.29 is 28.2 Å². The van der Waals surface area contributed by atoms with Gasteiger partial charge in [-0.1, -0.05) is 0 Å².